The van der Waals surface area contributed by atoms with Crippen LogP contribution in [0, 0.1) is 6.92 Å². The van der Waals surface area contributed by atoms with Crippen LogP contribution in [-0.4, -0.2) is 12.5 Å². The third-order valence-electron chi connectivity index (χ3n) is 3.11. The lowest BCUT2D eigenvalue weighted by molar-refractivity contribution is -0.116. The minimum Gasteiger partial charge on any atom is -0.462 e. The highest BCUT2D eigenvalue weighted by Gasteiger charge is 2.05. The Morgan fingerprint density at radius 1 is 1.25 bits per heavy atom. The van der Waals surface area contributed by atoms with Crippen LogP contribution >= 0.6 is 0 Å². The fraction of sp³-hybridized carbons (Fsp3) is 0.235. The molecular weight excluding hydrogens is 250 g/mol. The van der Waals surface area contributed by atoms with Gasteiger partial charge in [0.25, 0.3) is 0 Å². The van der Waals surface area contributed by atoms with Crippen LogP contribution in [-0.2, 0) is 4.79 Å². The lowest BCUT2D eigenvalue weighted by atomic mass is 10.0. The summed E-state index contributed by atoms with van der Waals surface area (Å²) in [5, 5.41) is 2.89. The van der Waals surface area contributed by atoms with Crippen molar-refractivity contribution in [2.75, 3.05) is 6.54 Å². The molecule has 0 aliphatic rings. The summed E-state index contributed by atoms with van der Waals surface area (Å²) in [6, 6.07) is 13.8. The molecule has 0 bridgehead atoms. The smallest absolute Gasteiger partial charge is 0.244 e. The zero-order chi connectivity index (χ0) is 14.4. The molecular formula is C17H19NO2. The number of carbonyl (C=O) groups excluding carboxylic acids is 1. The number of amides is 1. The summed E-state index contributed by atoms with van der Waals surface area (Å²) in [5.41, 5.74) is 1.22. The van der Waals surface area contributed by atoms with E-state index in [9.17, 15) is 4.79 Å². The van der Waals surface area contributed by atoms with Gasteiger partial charge in [-0.25, -0.2) is 0 Å². The second kappa shape index (κ2) is 6.75. The number of carbonyl (C=O) groups is 1. The molecule has 1 heterocycles. The molecule has 1 aromatic carbocycles. The van der Waals surface area contributed by atoms with E-state index < -0.39 is 0 Å². The molecule has 2 aromatic rings. The summed E-state index contributed by atoms with van der Waals surface area (Å²) in [5.74, 6) is 1.71. The average molecular weight is 269 g/mol. The molecule has 0 aliphatic carbocycles. The van der Waals surface area contributed by atoms with E-state index in [0.29, 0.717) is 18.2 Å². The highest BCUT2D eigenvalue weighted by molar-refractivity contribution is 5.91. The second-order valence-electron chi connectivity index (χ2n) is 4.84. The zero-order valence-corrected chi connectivity index (χ0v) is 11.8. The number of hydrogen-bond acceptors (Lipinski definition) is 2. The first-order chi connectivity index (χ1) is 9.65. The summed E-state index contributed by atoms with van der Waals surface area (Å²) >= 11 is 0. The van der Waals surface area contributed by atoms with Crippen LogP contribution in [0.15, 0.2) is 53.0 Å². The molecule has 1 atom stereocenters. The molecule has 0 radical (unpaired) electrons. The van der Waals surface area contributed by atoms with E-state index >= 15 is 0 Å². The molecule has 20 heavy (non-hydrogen) atoms. The van der Waals surface area contributed by atoms with Gasteiger partial charge in [0.2, 0.25) is 5.91 Å². The van der Waals surface area contributed by atoms with E-state index in [-0.39, 0.29) is 5.91 Å². The minimum atomic E-state index is -0.109. The van der Waals surface area contributed by atoms with Gasteiger partial charge in [-0.3, -0.25) is 4.79 Å². The fourth-order valence-electron chi connectivity index (χ4n) is 1.91. The highest BCUT2D eigenvalue weighted by Crippen LogP contribution is 2.13. The van der Waals surface area contributed by atoms with Gasteiger partial charge < -0.3 is 9.73 Å². The predicted octanol–water partition coefficient (Wildman–Crippen LogP) is 3.52. The molecule has 0 saturated carbocycles. The molecule has 1 unspecified atom stereocenters. The number of hydrogen-bond donors (Lipinski definition) is 1. The summed E-state index contributed by atoms with van der Waals surface area (Å²) in [6.45, 7) is 4.58. The maximum absolute atomic E-state index is 11.7. The Bertz CT molecular complexity index is 584. The number of furan rings is 1. The van der Waals surface area contributed by atoms with Gasteiger partial charge in [0.1, 0.15) is 11.5 Å². The molecule has 2 rings (SSSR count). The van der Waals surface area contributed by atoms with Gasteiger partial charge in [-0.15, -0.1) is 0 Å². The molecule has 0 saturated heterocycles. The van der Waals surface area contributed by atoms with Gasteiger partial charge >= 0.3 is 0 Å². The summed E-state index contributed by atoms with van der Waals surface area (Å²) in [7, 11) is 0. The lowest BCUT2D eigenvalue weighted by Gasteiger charge is -2.11. The van der Waals surface area contributed by atoms with Crippen molar-refractivity contribution in [1.29, 1.82) is 0 Å². The Morgan fingerprint density at radius 2 is 2.00 bits per heavy atom. The van der Waals surface area contributed by atoms with Crippen molar-refractivity contribution in [3.8, 4) is 0 Å². The van der Waals surface area contributed by atoms with Crippen LogP contribution in [0.4, 0.5) is 0 Å². The molecule has 104 valence electrons. The Labute approximate surface area is 119 Å². The minimum absolute atomic E-state index is 0.109. The third kappa shape index (κ3) is 4.12. The van der Waals surface area contributed by atoms with Crippen molar-refractivity contribution in [2.24, 2.45) is 0 Å². The SMILES string of the molecule is Cc1ccc(/C=C/C(=O)NCC(C)c2ccccc2)o1. The van der Waals surface area contributed by atoms with Gasteiger partial charge in [-0.05, 0) is 36.6 Å². The van der Waals surface area contributed by atoms with Crippen molar-refractivity contribution < 1.29 is 9.21 Å². The quantitative estimate of drug-likeness (QED) is 0.844. The summed E-state index contributed by atoms with van der Waals surface area (Å²) in [4.78, 5) is 11.7. The maximum atomic E-state index is 11.7. The molecule has 0 aliphatic heterocycles. The number of benzene rings is 1. The number of aryl methyl sites for hydroxylation is 1. The largest absolute Gasteiger partial charge is 0.462 e. The van der Waals surface area contributed by atoms with Gasteiger partial charge in [0.15, 0.2) is 0 Å². The zero-order valence-electron chi connectivity index (χ0n) is 11.8. The van der Waals surface area contributed by atoms with E-state index in [1.165, 1.54) is 11.6 Å². The van der Waals surface area contributed by atoms with E-state index in [1.54, 1.807) is 6.08 Å². The van der Waals surface area contributed by atoms with E-state index in [1.807, 2.05) is 37.3 Å². The molecule has 1 N–H and O–H groups in total. The Hall–Kier alpha value is -2.29. The van der Waals surface area contributed by atoms with Crippen LogP contribution in [0.5, 0.6) is 0 Å². The topological polar surface area (TPSA) is 42.2 Å². The van der Waals surface area contributed by atoms with Crippen LogP contribution in [0.3, 0.4) is 0 Å². The first-order valence-electron chi connectivity index (χ1n) is 6.72. The molecule has 3 nitrogen and oxygen atoms in total. The maximum Gasteiger partial charge on any atom is 0.244 e. The summed E-state index contributed by atoms with van der Waals surface area (Å²) in [6.07, 6.45) is 3.17. The normalized spacial score (nSPS) is 12.5. The van der Waals surface area contributed by atoms with Crippen molar-refractivity contribution in [3.05, 3.63) is 65.6 Å². The van der Waals surface area contributed by atoms with E-state index in [2.05, 4.69) is 24.4 Å². The van der Waals surface area contributed by atoms with Crippen molar-refractivity contribution in [1.82, 2.24) is 5.32 Å². The predicted molar refractivity (Wildman–Crippen MR) is 80.3 cm³/mol. The van der Waals surface area contributed by atoms with Gasteiger partial charge in [-0.1, -0.05) is 37.3 Å². The molecule has 0 spiro atoms. The monoisotopic (exact) mass is 269 g/mol. The van der Waals surface area contributed by atoms with Gasteiger partial charge in [0.05, 0.1) is 0 Å². The van der Waals surface area contributed by atoms with E-state index in [0.717, 1.165) is 5.76 Å². The summed E-state index contributed by atoms with van der Waals surface area (Å²) < 4.78 is 5.36. The van der Waals surface area contributed by atoms with E-state index in [4.69, 9.17) is 4.42 Å². The number of nitrogens with one attached hydrogen (secondary N) is 1. The Morgan fingerprint density at radius 3 is 2.65 bits per heavy atom. The fourth-order valence-corrected chi connectivity index (χ4v) is 1.91. The van der Waals surface area contributed by atoms with Crippen LogP contribution in [0.25, 0.3) is 6.08 Å². The van der Waals surface area contributed by atoms with Crippen molar-refractivity contribution >= 4 is 12.0 Å². The third-order valence-corrected chi connectivity index (χ3v) is 3.11. The standard InChI is InChI=1S/C17H19NO2/c1-13(15-6-4-3-5-7-15)12-18-17(19)11-10-16-9-8-14(2)20-16/h3-11,13H,12H2,1-2H3,(H,18,19)/b11-10+. The average Bonchev–Trinajstić information content (AvgIpc) is 2.89. The lowest BCUT2D eigenvalue weighted by Crippen LogP contribution is -2.25. The van der Waals surface area contributed by atoms with Gasteiger partial charge in [-0.2, -0.15) is 0 Å². The first-order valence-corrected chi connectivity index (χ1v) is 6.72. The molecule has 0 fully saturated rings. The van der Waals surface area contributed by atoms with Crippen molar-refractivity contribution in [2.45, 2.75) is 19.8 Å². The Balaban J connectivity index is 1.82. The van der Waals surface area contributed by atoms with Gasteiger partial charge in [0, 0.05) is 12.6 Å². The molecule has 3 heteroatoms. The highest BCUT2D eigenvalue weighted by atomic mass is 16.3. The number of rotatable bonds is 5. The second-order valence-corrected chi connectivity index (χ2v) is 4.84. The van der Waals surface area contributed by atoms with Crippen LogP contribution < -0.4 is 5.32 Å². The van der Waals surface area contributed by atoms with Crippen LogP contribution in [0.1, 0.15) is 29.9 Å². The molecule has 1 aromatic heterocycles. The van der Waals surface area contributed by atoms with Crippen molar-refractivity contribution in [3.63, 3.8) is 0 Å². The van der Waals surface area contributed by atoms with Crippen LogP contribution in [0.2, 0.25) is 0 Å². The Kier molecular flexibility index (Phi) is 4.77. The molecule has 1 amide bonds. The first kappa shape index (κ1) is 14.1.